The lowest BCUT2D eigenvalue weighted by Crippen LogP contribution is -2.48. The van der Waals surface area contributed by atoms with Crippen LogP contribution < -0.4 is 10.1 Å². The van der Waals surface area contributed by atoms with E-state index in [1.807, 2.05) is 0 Å². The minimum atomic E-state index is -0.161. The zero-order valence-electron chi connectivity index (χ0n) is 12.9. The maximum Gasteiger partial charge on any atom is 0.125 e. The third-order valence-corrected chi connectivity index (χ3v) is 4.74. The van der Waals surface area contributed by atoms with Gasteiger partial charge in [0, 0.05) is 11.6 Å². The van der Waals surface area contributed by atoms with Gasteiger partial charge >= 0.3 is 0 Å². The molecule has 2 heterocycles. The van der Waals surface area contributed by atoms with Gasteiger partial charge < -0.3 is 15.0 Å². The standard InChI is InChI=1S/C17H26N2O/c1-4-19-11-9-13(10-12-19)18-16-14-7-5-6-8-15(14)20-17(16,2)3/h5-8,13,16,18H,4,9-12H2,1-3H3. The second kappa shape index (κ2) is 5.38. The highest BCUT2D eigenvalue weighted by molar-refractivity contribution is 5.42. The summed E-state index contributed by atoms with van der Waals surface area (Å²) < 4.78 is 6.12. The van der Waals surface area contributed by atoms with Gasteiger partial charge in [-0.15, -0.1) is 0 Å². The van der Waals surface area contributed by atoms with Crippen molar-refractivity contribution in [1.82, 2.24) is 10.2 Å². The van der Waals surface area contributed by atoms with Crippen LogP contribution in [0.4, 0.5) is 0 Å². The molecular formula is C17H26N2O. The Morgan fingerprint density at radius 1 is 1.25 bits per heavy atom. The molecule has 0 bridgehead atoms. The van der Waals surface area contributed by atoms with Crippen molar-refractivity contribution in [1.29, 1.82) is 0 Å². The quantitative estimate of drug-likeness (QED) is 0.917. The van der Waals surface area contributed by atoms with Crippen molar-refractivity contribution < 1.29 is 4.74 Å². The van der Waals surface area contributed by atoms with Crippen LogP contribution in [0.15, 0.2) is 24.3 Å². The molecule has 20 heavy (non-hydrogen) atoms. The van der Waals surface area contributed by atoms with E-state index in [9.17, 15) is 0 Å². The van der Waals surface area contributed by atoms with Crippen LogP contribution in [0.2, 0.25) is 0 Å². The highest BCUT2D eigenvalue weighted by atomic mass is 16.5. The topological polar surface area (TPSA) is 24.5 Å². The van der Waals surface area contributed by atoms with Crippen LogP contribution in [0.5, 0.6) is 5.75 Å². The number of ether oxygens (including phenoxy) is 1. The molecule has 1 unspecified atom stereocenters. The maximum absolute atomic E-state index is 6.12. The lowest BCUT2D eigenvalue weighted by molar-refractivity contribution is 0.0831. The molecule has 1 aromatic carbocycles. The van der Waals surface area contributed by atoms with Gasteiger partial charge in [0.1, 0.15) is 11.4 Å². The lowest BCUT2D eigenvalue weighted by atomic mass is 9.92. The third-order valence-electron chi connectivity index (χ3n) is 4.74. The Kier molecular flexibility index (Phi) is 3.74. The minimum Gasteiger partial charge on any atom is -0.486 e. The summed E-state index contributed by atoms with van der Waals surface area (Å²) in [5, 5.41) is 3.86. The fourth-order valence-electron chi connectivity index (χ4n) is 3.47. The molecule has 1 aromatic rings. The van der Waals surface area contributed by atoms with Crippen LogP contribution in [0.25, 0.3) is 0 Å². The van der Waals surface area contributed by atoms with E-state index in [2.05, 4.69) is 55.3 Å². The van der Waals surface area contributed by atoms with Crippen LogP contribution in [-0.2, 0) is 0 Å². The van der Waals surface area contributed by atoms with E-state index in [1.165, 1.54) is 38.0 Å². The largest absolute Gasteiger partial charge is 0.486 e. The summed E-state index contributed by atoms with van der Waals surface area (Å²) in [5.41, 5.74) is 1.15. The van der Waals surface area contributed by atoms with Gasteiger partial charge in [0.25, 0.3) is 0 Å². The van der Waals surface area contributed by atoms with Crippen LogP contribution in [-0.4, -0.2) is 36.2 Å². The van der Waals surface area contributed by atoms with Crippen LogP contribution in [0.1, 0.15) is 45.2 Å². The van der Waals surface area contributed by atoms with Crippen LogP contribution >= 0.6 is 0 Å². The summed E-state index contributed by atoms with van der Waals surface area (Å²) in [6, 6.07) is 9.35. The lowest BCUT2D eigenvalue weighted by Gasteiger charge is -2.36. The smallest absolute Gasteiger partial charge is 0.125 e. The van der Waals surface area contributed by atoms with Gasteiger partial charge in [0.05, 0.1) is 6.04 Å². The maximum atomic E-state index is 6.12. The molecule has 3 nitrogen and oxygen atoms in total. The molecule has 0 amide bonds. The van der Waals surface area contributed by atoms with Crippen molar-refractivity contribution in [2.24, 2.45) is 0 Å². The molecule has 0 radical (unpaired) electrons. The number of hydrogen-bond acceptors (Lipinski definition) is 3. The fourth-order valence-corrected chi connectivity index (χ4v) is 3.47. The third kappa shape index (κ3) is 2.57. The first-order chi connectivity index (χ1) is 9.60. The van der Waals surface area contributed by atoms with Gasteiger partial charge in [-0.2, -0.15) is 0 Å². The number of piperidine rings is 1. The van der Waals surface area contributed by atoms with Gasteiger partial charge in [0.15, 0.2) is 0 Å². The van der Waals surface area contributed by atoms with Crippen molar-refractivity contribution in [3.63, 3.8) is 0 Å². The Hall–Kier alpha value is -1.06. The van der Waals surface area contributed by atoms with Crippen molar-refractivity contribution in [3.05, 3.63) is 29.8 Å². The van der Waals surface area contributed by atoms with Gasteiger partial charge in [-0.3, -0.25) is 0 Å². The van der Waals surface area contributed by atoms with Crippen LogP contribution in [0, 0.1) is 0 Å². The van der Waals surface area contributed by atoms with Crippen molar-refractivity contribution in [2.45, 2.75) is 51.3 Å². The Labute approximate surface area is 122 Å². The Morgan fingerprint density at radius 3 is 2.65 bits per heavy atom. The van der Waals surface area contributed by atoms with Crippen molar-refractivity contribution in [3.8, 4) is 5.75 Å². The molecule has 1 fully saturated rings. The van der Waals surface area contributed by atoms with E-state index in [0.717, 1.165) is 5.75 Å². The summed E-state index contributed by atoms with van der Waals surface area (Å²) in [6.45, 7) is 10.2. The zero-order valence-corrected chi connectivity index (χ0v) is 12.9. The summed E-state index contributed by atoms with van der Waals surface area (Å²) in [6.07, 6.45) is 2.48. The predicted octanol–water partition coefficient (Wildman–Crippen LogP) is 2.97. The number of nitrogens with one attached hydrogen (secondary N) is 1. The highest BCUT2D eigenvalue weighted by Gasteiger charge is 2.41. The number of para-hydroxylation sites is 1. The molecule has 3 heteroatoms. The summed E-state index contributed by atoms with van der Waals surface area (Å²) in [5.74, 6) is 1.04. The molecule has 110 valence electrons. The average Bonchev–Trinajstić information content (AvgIpc) is 2.70. The number of hydrogen-bond donors (Lipinski definition) is 1. The van der Waals surface area contributed by atoms with Gasteiger partial charge in [-0.25, -0.2) is 0 Å². The molecule has 2 aliphatic rings. The van der Waals surface area contributed by atoms with Crippen molar-refractivity contribution >= 4 is 0 Å². The number of rotatable bonds is 3. The Morgan fingerprint density at radius 2 is 1.95 bits per heavy atom. The molecular weight excluding hydrogens is 248 g/mol. The molecule has 0 saturated carbocycles. The first kappa shape index (κ1) is 13.9. The SMILES string of the molecule is CCN1CCC(NC2c3ccccc3OC2(C)C)CC1. The van der Waals surface area contributed by atoms with E-state index >= 15 is 0 Å². The molecule has 1 N–H and O–H groups in total. The van der Waals surface area contributed by atoms with Crippen LogP contribution in [0.3, 0.4) is 0 Å². The van der Waals surface area contributed by atoms with Crippen molar-refractivity contribution in [2.75, 3.05) is 19.6 Å². The summed E-state index contributed by atoms with van der Waals surface area (Å²) >= 11 is 0. The Balaban J connectivity index is 1.70. The molecule has 0 aliphatic carbocycles. The van der Waals surface area contributed by atoms with Gasteiger partial charge in [-0.1, -0.05) is 25.1 Å². The van der Waals surface area contributed by atoms with E-state index in [0.29, 0.717) is 12.1 Å². The second-order valence-electron chi connectivity index (χ2n) is 6.55. The fraction of sp³-hybridized carbons (Fsp3) is 0.647. The van der Waals surface area contributed by atoms with E-state index in [-0.39, 0.29) is 5.60 Å². The highest BCUT2D eigenvalue weighted by Crippen LogP contribution is 2.43. The predicted molar refractivity (Wildman–Crippen MR) is 82.2 cm³/mol. The number of likely N-dealkylation sites (tertiary alicyclic amines) is 1. The number of benzene rings is 1. The summed E-state index contributed by atoms with van der Waals surface area (Å²) in [7, 11) is 0. The molecule has 1 atom stereocenters. The zero-order chi connectivity index (χ0) is 14.2. The minimum absolute atomic E-state index is 0.161. The first-order valence-corrected chi connectivity index (χ1v) is 7.86. The normalized spacial score (nSPS) is 26.2. The number of nitrogens with zero attached hydrogens (tertiary/aromatic N) is 1. The van der Waals surface area contributed by atoms with Gasteiger partial charge in [0.2, 0.25) is 0 Å². The molecule has 0 aromatic heterocycles. The number of fused-ring (bicyclic) bond motifs is 1. The van der Waals surface area contributed by atoms with Gasteiger partial charge in [-0.05, 0) is 52.4 Å². The average molecular weight is 274 g/mol. The molecule has 2 aliphatic heterocycles. The molecule has 3 rings (SSSR count). The van der Waals surface area contributed by atoms with E-state index in [4.69, 9.17) is 4.74 Å². The second-order valence-corrected chi connectivity index (χ2v) is 6.55. The van der Waals surface area contributed by atoms with E-state index < -0.39 is 0 Å². The molecule has 1 saturated heterocycles. The Bertz CT molecular complexity index is 464. The molecule has 0 spiro atoms. The summed E-state index contributed by atoms with van der Waals surface area (Å²) in [4.78, 5) is 2.53. The van der Waals surface area contributed by atoms with E-state index in [1.54, 1.807) is 0 Å². The monoisotopic (exact) mass is 274 g/mol. The first-order valence-electron chi connectivity index (χ1n) is 7.86.